The van der Waals surface area contributed by atoms with Gasteiger partial charge in [-0.3, -0.25) is 0 Å². The number of hydrogen-bond donors (Lipinski definition) is 0. The maximum atomic E-state index is 5.81. The Morgan fingerprint density at radius 1 is 0.971 bits per heavy atom. The topological polar surface area (TPSA) is 79.1 Å². The number of rotatable bonds is 9. The largest absolute Gasteiger partial charge is 0.497 e. The van der Waals surface area contributed by atoms with Crippen molar-refractivity contribution in [1.82, 2.24) is 19.7 Å². The summed E-state index contributed by atoms with van der Waals surface area (Å²) in [5.74, 6) is 4.12. The van der Waals surface area contributed by atoms with E-state index in [4.69, 9.17) is 13.6 Å². The highest BCUT2D eigenvalue weighted by Gasteiger charge is 2.18. The zero-order valence-corrected chi connectivity index (χ0v) is 19.8. The van der Waals surface area contributed by atoms with Crippen LogP contribution < -0.4 is 4.74 Å². The molecule has 8 heteroatoms. The summed E-state index contributed by atoms with van der Waals surface area (Å²) < 4.78 is 18.7. The van der Waals surface area contributed by atoms with Crippen molar-refractivity contribution >= 4 is 11.8 Å². The van der Waals surface area contributed by atoms with Gasteiger partial charge in [0.25, 0.3) is 5.89 Å². The summed E-state index contributed by atoms with van der Waals surface area (Å²) >= 11 is 1.59. The minimum Gasteiger partial charge on any atom is -0.497 e. The van der Waals surface area contributed by atoms with E-state index in [0.717, 1.165) is 46.7 Å². The van der Waals surface area contributed by atoms with Gasteiger partial charge in [0.05, 0.1) is 19.1 Å². The predicted molar refractivity (Wildman–Crippen MR) is 131 cm³/mol. The third kappa shape index (κ3) is 4.77. The first-order chi connectivity index (χ1) is 16.7. The number of furan rings is 1. The van der Waals surface area contributed by atoms with E-state index in [9.17, 15) is 0 Å². The van der Waals surface area contributed by atoms with Gasteiger partial charge < -0.3 is 18.1 Å². The zero-order chi connectivity index (χ0) is 23.3. The fraction of sp³-hybridized carbons (Fsp3) is 0.192. The normalized spacial score (nSPS) is 11.1. The molecule has 0 N–H and O–H groups in total. The van der Waals surface area contributed by atoms with Crippen molar-refractivity contribution < 1.29 is 13.6 Å². The molecule has 0 saturated heterocycles. The van der Waals surface area contributed by atoms with Crippen LogP contribution >= 0.6 is 11.8 Å². The Balaban J connectivity index is 1.40. The van der Waals surface area contributed by atoms with Crippen LogP contribution in [0.3, 0.4) is 0 Å². The number of hydrogen-bond acceptors (Lipinski definition) is 7. The highest BCUT2D eigenvalue weighted by molar-refractivity contribution is 7.98. The fourth-order valence-corrected chi connectivity index (χ4v) is 4.60. The number of methoxy groups -OCH3 is 1. The molecule has 0 spiro atoms. The molecule has 34 heavy (non-hydrogen) atoms. The summed E-state index contributed by atoms with van der Waals surface area (Å²) in [4.78, 5) is 4.62. The van der Waals surface area contributed by atoms with Crippen molar-refractivity contribution in [3.05, 3.63) is 90.0 Å². The van der Waals surface area contributed by atoms with Crippen LogP contribution in [-0.4, -0.2) is 26.9 Å². The summed E-state index contributed by atoms with van der Waals surface area (Å²) in [6, 6.07) is 22.0. The molecule has 3 aromatic heterocycles. The first-order valence-electron chi connectivity index (χ1n) is 11.0. The molecule has 0 saturated carbocycles. The van der Waals surface area contributed by atoms with E-state index in [2.05, 4.69) is 44.0 Å². The van der Waals surface area contributed by atoms with Gasteiger partial charge in [-0.1, -0.05) is 42.1 Å². The highest BCUT2D eigenvalue weighted by atomic mass is 32.2. The van der Waals surface area contributed by atoms with Gasteiger partial charge >= 0.3 is 0 Å². The second kappa shape index (κ2) is 10.0. The third-order valence-corrected chi connectivity index (χ3v) is 6.47. The van der Waals surface area contributed by atoms with Gasteiger partial charge in [-0.15, -0.1) is 10.2 Å². The van der Waals surface area contributed by atoms with Crippen molar-refractivity contribution in [3.8, 4) is 28.8 Å². The van der Waals surface area contributed by atoms with E-state index in [1.807, 2.05) is 49.4 Å². The molecule has 0 aliphatic carbocycles. The van der Waals surface area contributed by atoms with Crippen LogP contribution in [0.15, 0.2) is 87.0 Å². The van der Waals surface area contributed by atoms with Gasteiger partial charge in [-0.25, -0.2) is 4.98 Å². The van der Waals surface area contributed by atoms with Crippen LogP contribution in [-0.2, 0) is 18.7 Å². The van der Waals surface area contributed by atoms with Crippen LogP contribution in [0.25, 0.3) is 23.0 Å². The summed E-state index contributed by atoms with van der Waals surface area (Å²) in [7, 11) is 1.66. The standard InChI is InChI=1S/C26H24N4O3S/c1-18-22(27-25(33-18)23-9-6-16-32-23)17-34-26-29-28-24(20-10-12-21(31-2)13-11-20)30(26)15-14-19-7-4-3-5-8-19/h3-13,16H,14-15,17H2,1-2H3. The van der Waals surface area contributed by atoms with Crippen LogP contribution in [0.2, 0.25) is 0 Å². The lowest BCUT2D eigenvalue weighted by molar-refractivity contribution is 0.415. The molecule has 2 aromatic carbocycles. The van der Waals surface area contributed by atoms with Gasteiger partial charge in [0.15, 0.2) is 16.7 Å². The highest BCUT2D eigenvalue weighted by Crippen LogP contribution is 2.30. The zero-order valence-electron chi connectivity index (χ0n) is 19.0. The average molecular weight is 473 g/mol. The number of aromatic nitrogens is 4. The number of aryl methyl sites for hydroxylation is 2. The molecule has 0 amide bonds. The van der Waals surface area contributed by atoms with E-state index < -0.39 is 0 Å². The summed E-state index contributed by atoms with van der Waals surface area (Å²) in [6.45, 7) is 2.67. The van der Waals surface area contributed by atoms with E-state index in [1.165, 1.54) is 5.56 Å². The minimum atomic E-state index is 0.488. The van der Waals surface area contributed by atoms with Crippen molar-refractivity contribution in [1.29, 1.82) is 0 Å². The van der Waals surface area contributed by atoms with E-state index in [-0.39, 0.29) is 0 Å². The number of nitrogens with zero attached hydrogens (tertiary/aromatic N) is 4. The second-order valence-electron chi connectivity index (χ2n) is 7.71. The van der Waals surface area contributed by atoms with E-state index in [1.54, 1.807) is 25.1 Å². The van der Waals surface area contributed by atoms with Crippen LogP contribution in [0.1, 0.15) is 17.0 Å². The van der Waals surface area contributed by atoms with Crippen LogP contribution in [0, 0.1) is 6.92 Å². The maximum Gasteiger partial charge on any atom is 0.263 e. The molecule has 172 valence electrons. The van der Waals surface area contributed by atoms with Crippen molar-refractivity contribution in [2.75, 3.05) is 7.11 Å². The molecule has 0 fully saturated rings. The molecule has 0 bridgehead atoms. The fourth-order valence-electron chi connectivity index (χ4n) is 3.64. The number of oxazole rings is 1. The molecule has 0 aliphatic heterocycles. The minimum absolute atomic E-state index is 0.488. The molecule has 5 rings (SSSR count). The van der Waals surface area contributed by atoms with Crippen molar-refractivity contribution in [2.45, 2.75) is 30.8 Å². The number of thioether (sulfide) groups is 1. The Kier molecular flexibility index (Phi) is 6.49. The lowest BCUT2D eigenvalue weighted by atomic mass is 10.1. The van der Waals surface area contributed by atoms with Gasteiger partial charge in [0.2, 0.25) is 0 Å². The number of benzene rings is 2. The predicted octanol–water partition coefficient (Wildman–Crippen LogP) is 6.05. The third-order valence-electron chi connectivity index (χ3n) is 5.49. The Morgan fingerprint density at radius 2 is 1.79 bits per heavy atom. The molecule has 3 heterocycles. The Labute approximate surface area is 201 Å². The summed E-state index contributed by atoms with van der Waals surface area (Å²) in [6.07, 6.45) is 2.49. The molecule has 5 aromatic rings. The summed E-state index contributed by atoms with van der Waals surface area (Å²) in [5.41, 5.74) is 3.12. The molecule has 0 unspecified atom stereocenters. The van der Waals surface area contributed by atoms with E-state index >= 15 is 0 Å². The van der Waals surface area contributed by atoms with Gasteiger partial charge in [0, 0.05) is 17.9 Å². The van der Waals surface area contributed by atoms with Crippen LogP contribution in [0.4, 0.5) is 0 Å². The molecule has 0 aliphatic rings. The quantitative estimate of drug-likeness (QED) is 0.242. The van der Waals surface area contributed by atoms with Gasteiger partial charge in [0.1, 0.15) is 11.5 Å². The molecular weight excluding hydrogens is 448 g/mol. The first kappa shape index (κ1) is 22.0. The van der Waals surface area contributed by atoms with Crippen molar-refractivity contribution in [3.63, 3.8) is 0 Å². The van der Waals surface area contributed by atoms with E-state index in [0.29, 0.717) is 17.4 Å². The van der Waals surface area contributed by atoms with Gasteiger partial charge in [-0.2, -0.15) is 0 Å². The number of ether oxygens (including phenoxy) is 1. The lowest BCUT2D eigenvalue weighted by Crippen LogP contribution is -2.05. The molecular formula is C26H24N4O3S. The molecule has 0 atom stereocenters. The van der Waals surface area contributed by atoms with Crippen molar-refractivity contribution in [2.24, 2.45) is 0 Å². The first-order valence-corrected chi connectivity index (χ1v) is 11.9. The Morgan fingerprint density at radius 3 is 2.53 bits per heavy atom. The Bertz CT molecular complexity index is 1340. The molecule has 0 radical (unpaired) electrons. The monoisotopic (exact) mass is 472 g/mol. The maximum absolute atomic E-state index is 5.81. The molecule has 7 nitrogen and oxygen atoms in total. The summed E-state index contributed by atoms with van der Waals surface area (Å²) in [5, 5.41) is 9.88. The lowest BCUT2D eigenvalue weighted by Gasteiger charge is -2.11. The van der Waals surface area contributed by atoms with Gasteiger partial charge in [-0.05, 0) is 55.3 Å². The Hall–Kier alpha value is -3.78. The van der Waals surface area contributed by atoms with Crippen LogP contribution in [0.5, 0.6) is 5.75 Å². The smallest absolute Gasteiger partial charge is 0.263 e. The average Bonchev–Trinajstić information content (AvgIpc) is 3.62. The second-order valence-corrected chi connectivity index (χ2v) is 8.65. The SMILES string of the molecule is COc1ccc(-c2nnc(SCc3nc(-c4ccco4)oc3C)n2CCc2ccccc2)cc1.